The largest absolute Gasteiger partial charge is 0.452 e. The summed E-state index contributed by atoms with van der Waals surface area (Å²) in [7, 11) is 0. The number of carbonyl (C=O) groups is 2. The van der Waals surface area contributed by atoms with Crippen molar-refractivity contribution >= 4 is 17.6 Å². The Morgan fingerprint density at radius 3 is 2.32 bits per heavy atom. The van der Waals surface area contributed by atoms with E-state index in [0.29, 0.717) is 5.56 Å². The van der Waals surface area contributed by atoms with Crippen LogP contribution in [-0.2, 0) is 22.4 Å². The van der Waals surface area contributed by atoms with E-state index < -0.39 is 5.97 Å². The first kappa shape index (κ1) is 18.0. The third-order valence-electron chi connectivity index (χ3n) is 4.94. The summed E-state index contributed by atoms with van der Waals surface area (Å²) >= 11 is 0. The minimum Gasteiger partial charge on any atom is -0.452 e. The number of anilines is 1. The van der Waals surface area contributed by atoms with E-state index in [1.54, 1.807) is 12.1 Å². The van der Waals surface area contributed by atoms with Gasteiger partial charge >= 0.3 is 5.97 Å². The van der Waals surface area contributed by atoms with Gasteiger partial charge < -0.3 is 10.1 Å². The molecule has 1 aliphatic carbocycles. The number of nitrogens with one attached hydrogen (secondary N) is 1. The fourth-order valence-corrected chi connectivity index (χ4v) is 3.49. The highest BCUT2D eigenvalue weighted by molar-refractivity contribution is 5.95. The number of esters is 1. The van der Waals surface area contributed by atoms with Gasteiger partial charge in [0, 0.05) is 5.69 Å². The van der Waals surface area contributed by atoms with Crippen LogP contribution in [0.5, 0.6) is 0 Å². The van der Waals surface area contributed by atoms with Crippen LogP contribution in [-0.4, -0.2) is 18.5 Å². The average molecular weight is 371 g/mol. The Hall–Kier alpha value is -3.40. The van der Waals surface area contributed by atoms with Crippen LogP contribution in [0.3, 0.4) is 0 Å². The van der Waals surface area contributed by atoms with Crippen molar-refractivity contribution in [3.8, 4) is 11.1 Å². The summed E-state index contributed by atoms with van der Waals surface area (Å²) in [6.45, 7) is -0.309. The van der Waals surface area contributed by atoms with Crippen molar-refractivity contribution in [3.05, 3.63) is 89.5 Å². The van der Waals surface area contributed by atoms with Crippen molar-refractivity contribution in [2.24, 2.45) is 0 Å². The lowest BCUT2D eigenvalue weighted by Gasteiger charge is -2.09. The van der Waals surface area contributed by atoms with Crippen LogP contribution in [0.25, 0.3) is 11.1 Å². The number of hydrogen-bond acceptors (Lipinski definition) is 3. The zero-order valence-electron chi connectivity index (χ0n) is 15.5. The Labute approximate surface area is 164 Å². The van der Waals surface area contributed by atoms with Gasteiger partial charge in [-0.3, -0.25) is 4.79 Å². The number of hydrogen-bond donors (Lipinski definition) is 1. The molecule has 0 heterocycles. The van der Waals surface area contributed by atoms with E-state index in [1.165, 1.54) is 11.1 Å². The van der Waals surface area contributed by atoms with E-state index in [2.05, 4.69) is 11.4 Å². The van der Waals surface area contributed by atoms with Crippen LogP contribution >= 0.6 is 0 Å². The molecule has 0 bridgehead atoms. The van der Waals surface area contributed by atoms with E-state index in [-0.39, 0.29) is 12.5 Å². The molecule has 0 radical (unpaired) electrons. The maximum atomic E-state index is 12.2. The molecular weight excluding hydrogens is 350 g/mol. The molecule has 28 heavy (non-hydrogen) atoms. The SMILES string of the molecule is O=C(COC(=O)c1ccc(-c2ccccc2)cc1)Nc1ccc2c(c1)CCC2. The van der Waals surface area contributed by atoms with E-state index in [0.717, 1.165) is 36.1 Å². The molecule has 0 saturated carbocycles. The molecule has 1 aliphatic rings. The van der Waals surface area contributed by atoms with Crippen molar-refractivity contribution < 1.29 is 14.3 Å². The summed E-state index contributed by atoms with van der Waals surface area (Å²) in [5.41, 5.74) is 5.90. The Morgan fingerprint density at radius 1 is 0.821 bits per heavy atom. The highest BCUT2D eigenvalue weighted by Crippen LogP contribution is 2.25. The van der Waals surface area contributed by atoms with Gasteiger partial charge in [-0.2, -0.15) is 0 Å². The summed E-state index contributed by atoms with van der Waals surface area (Å²) < 4.78 is 5.15. The first-order valence-electron chi connectivity index (χ1n) is 9.43. The predicted molar refractivity (Wildman–Crippen MR) is 109 cm³/mol. The number of benzene rings is 3. The van der Waals surface area contributed by atoms with Crippen molar-refractivity contribution in [1.82, 2.24) is 0 Å². The summed E-state index contributed by atoms with van der Waals surface area (Å²) in [6, 6.07) is 23.0. The monoisotopic (exact) mass is 371 g/mol. The van der Waals surface area contributed by atoms with Gasteiger partial charge in [0.1, 0.15) is 0 Å². The van der Waals surface area contributed by atoms with Crippen LogP contribution in [0.15, 0.2) is 72.8 Å². The molecular formula is C24H21NO3. The molecule has 0 spiro atoms. The van der Waals surface area contributed by atoms with Crippen LogP contribution in [0.2, 0.25) is 0 Å². The summed E-state index contributed by atoms with van der Waals surface area (Å²) in [4.78, 5) is 24.3. The summed E-state index contributed by atoms with van der Waals surface area (Å²) in [5.74, 6) is -0.851. The molecule has 4 heteroatoms. The van der Waals surface area contributed by atoms with Crippen molar-refractivity contribution in [3.63, 3.8) is 0 Å². The zero-order chi connectivity index (χ0) is 19.3. The second kappa shape index (κ2) is 8.09. The smallest absolute Gasteiger partial charge is 0.338 e. The number of amides is 1. The zero-order valence-corrected chi connectivity index (χ0v) is 15.5. The van der Waals surface area contributed by atoms with Crippen LogP contribution < -0.4 is 5.32 Å². The minimum absolute atomic E-state index is 0.309. The Kier molecular flexibility index (Phi) is 5.20. The molecule has 3 aromatic rings. The first-order chi connectivity index (χ1) is 13.7. The highest BCUT2D eigenvalue weighted by Gasteiger charge is 2.13. The molecule has 0 aliphatic heterocycles. The summed E-state index contributed by atoms with van der Waals surface area (Å²) in [5, 5.41) is 2.79. The third-order valence-corrected chi connectivity index (χ3v) is 4.94. The first-order valence-corrected chi connectivity index (χ1v) is 9.43. The lowest BCUT2D eigenvalue weighted by atomic mass is 10.0. The highest BCUT2D eigenvalue weighted by atomic mass is 16.5. The van der Waals surface area contributed by atoms with Crippen molar-refractivity contribution in [2.75, 3.05) is 11.9 Å². The number of fused-ring (bicyclic) bond motifs is 1. The Morgan fingerprint density at radius 2 is 1.54 bits per heavy atom. The average Bonchev–Trinajstić information content (AvgIpc) is 3.21. The normalized spacial score (nSPS) is 12.3. The molecule has 0 aromatic heterocycles. The molecule has 4 rings (SSSR count). The van der Waals surface area contributed by atoms with E-state index >= 15 is 0 Å². The van der Waals surface area contributed by atoms with E-state index in [1.807, 2.05) is 54.6 Å². The van der Waals surface area contributed by atoms with E-state index in [9.17, 15) is 9.59 Å². The molecule has 3 aromatic carbocycles. The van der Waals surface area contributed by atoms with Gasteiger partial charge in [-0.15, -0.1) is 0 Å². The van der Waals surface area contributed by atoms with E-state index in [4.69, 9.17) is 4.74 Å². The number of carbonyl (C=O) groups excluding carboxylic acids is 2. The lowest BCUT2D eigenvalue weighted by Crippen LogP contribution is -2.21. The molecule has 140 valence electrons. The second-order valence-corrected chi connectivity index (χ2v) is 6.90. The molecule has 0 fully saturated rings. The fourth-order valence-electron chi connectivity index (χ4n) is 3.49. The number of rotatable bonds is 5. The summed E-state index contributed by atoms with van der Waals surface area (Å²) in [6.07, 6.45) is 3.31. The van der Waals surface area contributed by atoms with Gasteiger partial charge in [0.25, 0.3) is 5.91 Å². The maximum absolute atomic E-state index is 12.2. The fraction of sp³-hybridized carbons (Fsp3) is 0.167. The van der Waals surface area contributed by atoms with Gasteiger partial charge in [-0.1, -0.05) is 48.5 Å². The van der Waals surface area contributed by atoms with Crippen molar-refractivity contribution in [1.29, 1.82) is 0 Å². The second-order valence-electron chi connectivity index (χ2n) is 6.90. The Balaban J connectivity index is 1.32. The minimum atomic E-state index is -0.510. The quantitative estimate of drug-likeness (QED) is 0.665. The standard InChI is InChI=1S/C24H21NO3/c26-23(25-22-14-13-18-7-4-8-21(18)15-22)16-28-24(27)20-11-9-19(10-12-20)17-5-2-1-3-6-17/h1-3,5-6,9-15H,4,7-8,16H2,(H,25,26). The molecule has 1 N–H and O–H groups in total. The maximum Gasteiger partial charge on any atom is 0.338 e. The molecule has 0 atom stereocenters. The van der Waals surface area contributed by atoms with Crippen LogP contribution in [0.1, 0.15) is 27.9 Å². The molecule has 0 saturated heterocycles. The molecule has 0 unspecified atom stereocenters. The van der Waals surface area contributed by atoms with Gasteiger partial charge in [0.2, 0.25) is 0 Å². The molecule has 4 nitrogen and oxygen atoms in total. The van der Waals surface area contributed by atoms with Gasteiger partial charge in [-0.05, 0) is 65.8 Å². The number of ether oxygens (including phenoxy) is 1. The van der Waals surface area contributed by atoms with Gasteiger partial charge in [0.05, 0.1) is 5.56 Å². The van der Waals surface area contributed by atoms with Crippen molar-refractivity contribution in [2.45, 2.75) is 19.3 Å². The molecule has 1 amide bonds. The predicted octanol–water partition coefficient (Wildman–Crippen LogP) is 4.64. The lowest BCUT2D eigenvalue weighted by molar-refractivity contribution is -0.119. The van der Waals surface area contributed by atoms with Gasteiger partial charge in [0.15, 0.2) is 6.61 Å². The topological polar surface area (TPSA) is 55.4 Å². The van der Waals surface area contributed by atoms with Crippen LogP contribution in [0.4, 0.5) is 5.69 Å². The van der Waals surface area contributed by atoms with Crippen LogP contribution in [0, 0.1) is 0 Å². The third kappa shape index (κ3) is 4.12. The Bertz CT molecular complexity index is 994. The van der Waals surface area contributed by atoms with Gasteiger partial charge in [-0.25, -0.2) is 4.79 Å². The number of aryl methyl sites for hydroxylation is 2.